The van der Waals surface area contributed by atoms with Gasteiger partial charge >= 0.3 is 6.18 Å². The number of piperidine rings is 4. The van der Waals surface area contributed by atoms with Crippen molar-refractivity contribution in [2.45, 2.75) is 75.0 Å². The maximum absolute atomic E-state index is 15.1. The average molecular weight is 988 g/mol. The van der Waals surface area contributed by atoms with Crippen LogP contribution in [-0.4, -0.2) is 121 Å². The number of aromatic amines is 1. The number of rotatable bonds is 15. The standard InChI is InChI=1S/C54H60F3N9O6/c55-54(56,57)53(72-47-10-2-1-8-42(47)46-31-43-39(32-58)6-4-9-45(43)62-46)18-26-66(27-19-53)52(70)44(33-59)37-5-3-7-40(29-37)71-28-21-61-50(68)36-16-22-64(23-17-36)34-35-14-24-65(25-15-35)48-30-38(13-20-60-48)41-11-12-49(67)63-51(41)69/h1-10,13,20,29-31,35-36,41,44,62H,11-12,14-19,21-28,33-34,59H2,(H,61,68)(H,63,67,69). The molecule has 4 aliphatic rings. The van der Waals surface area contributed by atoms with E-state index in [0.29, 0.717) is 57.8 Å². The summed E-state index contributed by atoms with van der Waals surface area (Å²) in [4.78, 5) is 65.2. The fraction of sp³-hybridized carbons (Fsp3) is 0.444. The monoisotopic (exact) mass is 987 g/mol. The number of nitrogens with one attached hydrogen (secondary N) is 3. The van der Waals surface area contributed by atoms with Gasteiger partial charge in [0.05, 0.1) is 35.7 Å². The number of fused-ring (bicyclic) bond motifs is 1. The fourth-order valence-corrected chi connectivity index (χ4v) is 10.7. The molecule has 4 amide bonds. The van der Waals surface area contributed by atoms with Gasteiger partial charge in [-0.25, -0.2) is 4.98 Å². The van der Waals surface area contributed by atoms with Gasteiger partial charge in [0.25, 0.3) is 0 Å². The molecule has 15 nitrogen and oxygen atoms in total. The number of aromatic nitrogens is 2. The number of hydrogen-bond acceptors (Lipinski definition) is 11. The van der Waals surface area contributed by atoms with Gasteiger partial charge in [0.2, 0.25) is 29.2 Å². The topological polar surface area (TPSA) is 199 Å². The van der Waals surface area contributed by atoms with E-state index in [1.165, 1.54) is 11.0 Å². The summed E-state index contributed by atoms with van der Waals surface area (Å²) < 4.78 is 57.1. The lowest BCUT2D eigenvalue weighted by molar-refractivity contribution is -0.260. The molecule has 6 heterocycles. The number of anilines is 1. The number of nitriles is 1. The number of halogens is 3. The van der Waals surface area contributed by atoms with Gasteiger partial charge in [-0.3, -0.25) is 24.5 Å². The quantitative estimate of drug-likeness (QED) is 0.0637. The van der Waals surface area contributed by atoms with Crippen LogP contribution in [0.4, 0.5) is 19.0 Å². The number of amides is 4. The average Bonchev–Trinajstić information content (AvgIpc) is 3.83. The van der Waals surface area contributed by atoms with E-state index in [1.807, 2.05) is 12.1 Å². The molecular formula is C54H60F3N9O6. The van der Waals surface area contributed by atoms with E-state index in [-0.39, 0.29) is 74.0 Å². The Morgan fingerprint density at radius 3 is 2.42 bits per heavy atom. The molecule has 0 spiro atoms. The van der Waals surface area contributed by atoms with Crippen molar-refractivity contribution >= 4 is 40.3 Å². The van der Waals surface area contributed by atoms with Crippen molar-refractivity contribution < 1.29 is 41.8 Å². The molecule has 0 aliphatic carbocycles. The van der Waals surface area contributed by atoms with E-state index in [4.69, 9.17) is 15.2 Å². The van der Waals surface area contributed by atoms with Crippen molar-refractivity contribution in [1.82, 2.24) is 30.4 Å². The summed E-state index contributed by atoms with van der Waals surface area (Å²) in [6.07, 6.45) is 0.452. The third-order valence-electron chi connectivity index (χ3n) is 15.0. The number of nitrogens with zero attached hydrogens (tertiary/aromatic N) is 5. The van der Waals surface area contributed by atoms with Gasteiger partial charge in [-0.2, -0.15) is 18.4 Å². The van der Waals surface area contributed by atoms with Gasteiger partial charge in [0, 0.05) is 87.1 Å². The minimum Gasteiger partial charge on any atom is -0.492 e. The van der Waals surface area contributed by atoms with Gasteiger partial charge in [0.15, 0.2) is 0 Å². The number of carbonyl (C=O) groups is 4. The Balaban J connectivity index is 0.710. The van der Waals surface area contributed by atoms with E-state index in [9.17, 15) is 24.4 Å². The van der Waals surface area contributed by atoms with Crippen LogP contribution in [0.3, 0.4) is 0 Å². The predicted octanol–water partition coefficient (Wildman–Crippen LogP) is 6.79. The Kier molecular flexibility index (Phi) is 15.1. The summed E-state index contributed by atoms with van der Waals surface area (Å²) in [6, 6.07) is 26.4. The minimum absolute atomic E-state index is 0.00359. The van der Waals surface area contributed by atoms with E-state index in [1.54, 1.807) is 72.9 Å². The molecule has 5 N–H and O–H groups in total. The highest BCUT2D eigenvalue weighted by atomic mass is 19.4. The van der Waals surface area contributed by atoms with E-state index < -0.39 is 30.5 Å². The van der Waals surface area contributed by atoms with Crippen LogP contribution in [0.2, 0.25) is 0 Å². The first-order chi connectivity index (χ1) is 34.8. The van der Waals surface area contributed by atoms with Crippen LogP contribution in [-0.2, 0) is 19.2 Å². The Hall–Kier alpha value is -6.97. The molecule has 2 atom stereocenters. The summed E-state index contributed by atoms with van der Waals surface area (Å²) in [5, 5.41) is 15.7. The first-order valence-corrected chi connectivity index (χ1v) is 24.9. The van der Waals surface area contributed by atoms with Gasteiger partial charge in [-0.15, -0.1) is 0 Å². The zero-order valence-electron chi connectivity index (χ0n) is 40.1. The van der Waals surface area contributed by atoms with Crippen molar-refractivity contribution in [3.05, 3.63) is 108 Å². The summed E-state index contributed by atoms with van der Waals surface area (Å²) in [7, 11) is 0. The molecule has 2 aromatic heterocycles. The number of ether oxygens (including phenoxy) is 2. The lowest BCUT2D eigenvalue weighted by Crippen LogP contribution is -2.58. The Morgan fingerprint density at radius 2 is 1.68 bits per heavy atom. The molecular weight excluding hydrogens is 928 g/mol. The molecule has 0 saturated carbocycles. The number of nitrogens with two attached hydrogens (primary N) is 1. The summed E-state index contributed by atoms with van der Waals surface area (Å²) >= 11 is 0. The van der Waals surface area contributed by atoms with Crippen molar-refractivity contribution in [1.29, 1.82) is 5.26 Å². The number of likely N-dealkylation sites (tertiary alicyclic amines) is 2. The van der Waals surface area contributed by atoms with Crippen molar-refractivity contribution in [2.24, 2.45) is 17.6 Å². The van der Waals surface area contributed by atoms with Crippen LogP contribution in [0.5, 0.6) is 11.5 Å². The van der Waals surface area contributed by atoms with Gasteiger partial charge in [0.1, 0.15) is 23.9 Å². The maximum atomic E-state index is 15.1. The van der Waals surface area contributed by atoms with E-state index in [2.05, 4.69) is 36.5 Å². The molecule has 4 aliphatic heterocycles. The van der Waals surface area contributed by atoms with Crippen LogP contribution >= 0.6 is 0 Å². The summed E-state index contributed by atoms with van der Waals surface area (Å²) in [5.74, 6) is -0.197. The Labute approximate surface area is 416 Å². The van der Waals surface area contributed by atoms with Gasteiger partial charge < -0.3 is 40.2 Å². The third-order valence-corrected chi connectivity index (χ3v) is 15.0. The summed E-state index contributed by atoms with van der Waals surface area (Å²) in [6.45, 7) is 4.44. The lowest BCUT2D eigenvalue weighted by atomic mass is 9.88. The van der Waals surface area contributed by atoms with Crippen LogP contribution in [0.15, 0.2) is 91.1 Å². The molecule has 3 aromatic carbocycles. The lowest BCUT2D eigenvalue weighted by Gasteiger charge is -2.43. The first-order valence-electron chi connectivity index (χ1n) is 24.9. The molecule has 72 heavy (non-hydrogen) atoms. The normalized spacial score (nSPS) is 19.6. The smallest absolute Gasteiger partial charge is 0.428 e. The highest BCUT2D eigenvalue weighted by Gasteiger charge is 2.59. The number of imide groups is 1. The van der Waals surface area contributed by atoms with Crippen LogP contribution in [0.1, 0.15) is 79.9 Å². The Bertz CT molecular complexity index is 2810. The van der Waals surface area contributed by atoms with Gasteiger partial charge in [-0.05, 0) is 117 Å². The molecule has 378 valence electrons. The van der Waals surface area contributed by atoms with Gasteiger partial charge in [-0.1, -0.05) is 30.3 Å². The maximum Gasteiger partial charge on any atom is 0.428 e. The molecule has 18 heteroatoms. The highest BCUT2D eigenvalue weighted by molar-refractivity contribution is 6.01. The van der Waals surface area contributed by atoms with Crippen LogP contribution in [0, 0.1) is 23.2 Å². The number of pyridine rings is 1. The van der Waals surface area contributed by atoms with E-state index >= 15 is 13.2 Å². The number of hydrogen-bond donors (Lipinski definition) is 4. The van der Waals surface area contributed by atoms with Crippen LogP contribution < -0.4 is 30.7 Å². The Morgan fingerprint density at radius 1 is 0.917 bits per heavy atom. The molecule has 2 unspecified atom stereocenters. The van der Waals surface area contributed by atoms with E-state index in [0.717, 1.165) is 69.8 Å². The van der Waals surface area contributed by atoms with Crippen LogP contribution in [0.25, 0.3) is 22.2 Å². The summed E-state index contributed by atoms with van der Waals surface area (Å²) in [5.41, 5.74) is 7.10. The minimum atomic E-state index is -4.75. The molecule has 0 radical (unpaired) electrons. The number of alkyl halides is 3. The molecule has 4 fully saturated rings. The molecule has 9 rings (SSSR count). The first kappa shape index (κ1) is 50.0. The third kappa shape index (κ3) is 11.1. The number of carbonyl (C=O) groups excluding carboxylic acids is 4. The predicted molar refractivity (Wildman–Crippen MR) is 264 cm³/mol. The number of para-hydroxylation sites is 1. The zero-order chi connectivity index (χ0) is 50.4. The second-order valence-corrected chi connectivity index (χ2v) is 19.4. The second kappa shape index (κ2) is 21.8. The van der Waals surface area contributed by atoms with Crippen molar-refractivity contribution in [3.8, 4) is 28.8 Å². The largest absolute Gasteiger partial charge is 0.492 e. The number of H-pyrrole nitrogens is 1. The molecule has 0 bridgehead atoms. The SMILES string of the molecule is N#Cc1cccc2[nH]c(-c3ccccc3OC3(C(F)(F)F)CCN(C(=O)C(CN)c4cccc(OCCNC(=O)C5CCN(CC6CCN(c7cc(C8CCC(=O)NC8=O)ccn7)CC6)CC5)c4)CC3)cc12. The van der Waals surface area contributed by atoms with Crippen molar-refractivity contribution in [3.63, 3.8) is 0 Å². The molecule has 5 aromatic rings. The van der Waals surface area contributed by atoms with Crippen molar-refractivity contribution in [2.75, 3.05) is 70.4 Å². The zero-order valence-corrected chi connectivity index (χ0v) is 40.1. The molecule has 4 saturated heterocycles. The second-order valence-electron chi connectivity index (χ2n) is 19.4. The highest BCUT2D eigenvalue weighted by Crippen LogP contribution is 2.45. The number of benzene rings is 3. The fourth-order valence-electron chi connectivity index (χ4n) is 10.7.